The summed E-state index contributed by atoms with van der Waals surface area (Å²) in [5, 5.41) is 0.428. The predicted molar refractivity (Wildman–Crippen MR) is 54.0 cm³/mol. The van der Waals surface area contributed by atoms with Crippen molar-refractivity contribution in [2.45, 2.75) is 12.5 Å². The Kier molecular flexibility index (Phi) is 2.73. The minimum Gasteiger partial charge on any atom is -0.493 e. The van der Waals surface area contributed by atoms with Gasteiger partial charge in [-0.1, -0.05) is 11.6 Å². The number of ketones is 1. The fraction of sp³-hybridized carbons (Fsp3) is 0.182. The highest BCUT2D eigenvalue weighted by atomic mass is 35.5. The van der Waals surface area contributed by atoms with Crippen LogP contribution in [0.3, 0.4) is 0 Å². The van der Waals surface area contributed by atoms with E-state index < -0.39 is 11.9 Å². The average molecular weight is 227 g/mol. The highest BCUT2D eigenvalue weighted by Gasteiger charge is 2.21. The molecule has 4 heteroatoms. The van der Waals surface area contributed by atoms with Gasteiger partial charge in [-0.2, -0.15) is 0 Å². The van der Waals surface area contributed by atoms with E-state index in [2.05, 4.69) is 0 Å². The Labute approximate surface area is 91.3 Å². The maximum atomic E-state index is 13.4. The molecular weight excluding hydrogens is 219 g/mol. The average Bonchev–Trinajstić information content (AvgIpc) is 2.22. The van der Waals surface area contributed by atoms with Crippen molar-refractivity contribution < 1.29 is 13.9 Å². The molecular formula is C11H8ClFO2. The molecule has 0 bridgehead atoms. The Morgan fingerprint density at radius 3 is 3.00 bits per heavy atom. The van der Waals surface area contributed by atoms with Crippen LogP contribution < -0.4 is 0 Å². The van der Waals surface area contributed by atoms with Crippen LogP contribution in [0.5, 0.6) is 0 Å². The van der Waals surface area contributed by atoms with Crippen molar-refractivity contribution in [2.75, 3.05) is 0 Å². The van der Waals surface area contributed by atoms with Crippen LogP contribution in [0.15, 0.2) is 30.5 Å². The van der Waals surface area contributed by atoms with Gasteiger partial charge in [-0.3, -0.25) is 4.79 Å². The molecule has 0 saturated carbocycles. The minimum absolute atomic E-state index is 0.0781. The highest BCUT2D eigenvalue weighted by molar-refractivity contribution is 6.30. The smallest absolute Gasteiger partial charge is 0.162 e. The van der Waals surface area contributed by atoms with Crippen LogP contribution in [0.25, 0.3) is 0 Å². The largest absolute Gasteiger partial charge is 0.493 e. The Balaban J connectivity index is 2.33. The van der Waals surface area contributed by atoms with Crippen LogP contribution in [0.1, 0.15) is 18.1 Å². The Hall–Kier alpha value is -1.35. The van der Waals surface area contributed by atoms with Gasteiger partial charge in [0.2, 0.25) is 0 Å². The summed E-state index contributed by atoms with van der Waals surface area (Å²) in [5.41, 5.74) is 0.320. The van der Waals surface area contributed by atoms with Gasteiger partial charge in [-0.05, 0) is 18.2 Å². The second-order valence-electron chi connectivity index (χ2n) is 3.26. The SMILES string of the molecule is O=C1C=COC(c2cc(Cl)ccc2F)C1. The molecule has 1 aromatic rings. The molecule has 2 rings (SSSR count). The Morgan fingerprint density at radius 2 is 2.27 bits per heavy atom. The summed E-state index contributed by atoms with van der Waals surface area (Å²) in [6.45, 7) is 0. The first-order chi connectivity index (χ1) is 7.16. The van der Waals surface area contributed by atoms with Gasteiger partial charge in [-0.15, -0.1) is 0 Å². The van der Waals surface area contributed by atoms with Gasteiger partial charge in [0.15, 0.2) is 5.78 Å². The summed E-state index contributed by atoms with van der Waals surface area (Å²) >= 11 is 5.75. The molecule has 0 saturated heterocycles. The van der Waals surface area contributed by atoms with E-state index in [4.69, 9.17) is 16.3 Å². The highest BCUT2D eigenvalue weighted by Crippen LogP contribution is 2.29. The number of hydrogen-bond donors (Lipinski definition) is 0. The molecule has 1 atom stereocenters. The third-order valence-corrected chi connectivity index (χ3v) is 2.42. The van der Waals surface area contributed by atoms with Crippen LogP contribution in [-0.2, 0) is 9.53 Å². The standard InChI is InChI=1S/C11H8ClFO2/c12-7-1-2-10(13)9(5-7)11-6-8(14)3-4-15-11/h1-5,11H,6H2. The molecule has 1 aliphatic rings. The molecule has 78 valence electrons. The van der Waals surface area contributed by atoms with Crippen molar-refractivity contribution in [3.05, 3.63) is 46.9 Å². The number of allylic oxidation sites excluding steroid dienone is 1. The van der Waals surface area contributed by atoms with Crippen LogP contribution >= 0.6 is 11.6 Å². The molecule has 0 fully saturated rings. The quantitative estimate of drug-likeness (QED) is 0.736. The number of ether oxygens (including phenoxy) is 1. The third-order valence-electron chi connectivity index (χ3n) is 2.19. The first kappa shape index (κ1) is 10.2. The van der Waals surface area contributed by atoms with E-state index in [0.717, 1.165) is 0 Å². The number of rotatable bonds is 1. The number of carbonyl (C=O) groups is 1. The van der Waals surface area contributed by atoms with Crippen molar-refractivity contribution in [1.29, 1.82) is 0 Å². The monoisotopic (exact) mass is 226 g/mol. The van der Waals surface area contributed by atoms with E-state index in [-0.39, 0.29) is 12.2 Å². The van der Waals surface area contributed by atoms with E-state index in [9.17, 15) is 9.18 Å². The van der Waals surface area contributed by atoms with Crippen molar-refractivity contribution in [3.63, 3.8) is 0 Å². The summed E-state index contributed by atoms with van der Waals surface area (Å²) in [4.78, 5) is 11.1. The number of benzene rings is 1. The lowest BCUT2D eigenvalue weighted by Crippen LogP contribution is -2.12. The summed E-state index contributed by atoms with van der Waals surface area (Å²) in [7, 11) is 0. The van der Waals surface area contributed by atoms with Gasteiger partial charge >= 0.3 is 0 Å². The molecule has 1 aromatic carbocycles. The Morgan fingerprint density at radius 1 is 1.47 bits per heavy atom. The first-order valence-electron chi connectivity index (χ1n) is 4.46. The molecule has 0 N–H and O–H groups in total. The number of carbonyl (C=O) groups excluding carboxylic acids is 1. The minimum atomic E-state index is -0.568. The van der Waals surface area contributed by atoms with Gasteiger partial charge in [0.1, 0.15) is 11.9 Å². The zero-order valence-electron chi connectivity index (χ0n) is 7.74. The second-order valence-corrected chi connectivity index (χ2v) is 3.70. The normalized spacial score (nSPS) is 20.1. The molecule has 0 spiro atoms. The van der Waals surface area contributed by atoms with E-state index >= 15 is 0 Å². The van der Waals surface area contributed by atoms with Gasteiger partial charge in [0, 0.05) is 16.7 Å². The van der Waals surface area contributed by atoms with Crippen molar-refractivity contribution in [2.24, 2.45) is 0 Å². The second kappa shape index (κ2) is 4.03. The lowest BCUT2D eigenvalue weighted by atomic mass is 10.0. The van der Waals surface area contributed by atoms with Crippen molar-refractivity contribution >= 4 is 17.4 Å². The summed E-state index contributed by atoms with van der Waals surface area (Å²) in [5.74, 6) is -0.488. The van der Waals surface area contributed by atoms with Gasteiger partial charge in [0.25, 0.3) is 0 Å². The fourth-order valence-electron chi connectivity index (χ4n) is 1.45. The third kappa shape index (κ3) is 2.18. The molecule has 0 amide bonds. The maximum absolute atomic E-state index is 13.4. The first-order valence-corrected chi connectivity index (χ1v) is 4.84. The lowest BCUT2D eigenvalue weighted by Gasteiger charge is -2.19. The molecule has 2 nitrogen and oxygen atoms in total. The van der Waals surface area contributed by atoms with Crippen molar-refractivity contribution in [1.82, 2.24) is 0 Å². The molecule has 0 aromatic heterocycles. The van der Waals surface area contributed by atoms with Crippen LogP contribution in [0.2, 0.25) is 5.02 Å². The van der Waals surface area contributed by atoms with E-state index in [1.165, 1.54) is 30.5 Å². The van der Waals surface area contributed by atoms with Crippen LogP contribution in [-0.4, -0.2) is 5.78 Å². The summed E-state index contributed by atoms with van der Waals surface area (Å²) < 4.78 is 18.6. The molecule has 1 unspecified atom stereocenters. The fourth-order valence-corrected chi connectivity index (χ4v) is 1.63. The zero-order chi connectivity index (χ0) is 10.8. The summed E-state index contributed by atoms with van der Waals surface area (Å²) in [6, 6.07) is 4.21. The van der Waals surface area contributed by atoms with Gasteiger partial charge in [-0.25, -0.2) is 4.39 Å². The molecule has 0 radical (unpaired) electrons. The number of hydrogen-bond acceptors (Lipinski definition) is 2. The predicted octanol–water partition coefficient (Wildman–Crippen LogP) is 3.02. The van der Waals surface area contributed by atoms with E-state index in [1.807, 2.05) is 0 Å². The van der Waals surface area contributed by atoms with Gasteiger partial charge in [0.05, 0.1) is 12.7 Å². The van der Waals surface area contributed by atoms with Crippen LogP contribution in [0, 0.1) is 5.82 Å². The maximum Gasteiger partial charge on any atom is 0.162 e. The Bertz CT molecular complexity index is 429. The number of halogens is 2. The van der Waals surface area contributed by atoms with Gasteiger partial charge < -0.3 is 4.74 Å². The van der Waals surface area contributed by atoms with Crippen LogP contribution in [0.4, 0.5) is 4.39 Å². The molecule has 15 heavy (non-hydrogen) atoms. The van der Waals surface area contributed by atoms with Crippen molar-refractivity contribution in [3.8, 4) is 0 Å². The molecule has 1 heterocycles. The lowest BCUT2D eigenvalue weighted by molar-refractivity contribution is -0.118. The van der Waals surface area contributed by atoms with E-state index in [0.29, 0.717) is 10.6 Å². The zero-order valence-corrected chi connectivity index (χ0v) is 8.50. The summed E-state index contributed by atoms with van der Waals surface area (Å²) in [6.07, 6.45) is 2.20. The topological polar surface area (TPSA) is 26.3 Å². The molecule has 0 aliphatic carbocycles. The molecule has 1 aliphatic heterocycles. The van der Waals surface area contributed by atoms with E-state index in [1.54, 1.807) is 0 Å².